The van der Waals surface area contributed by atoms with Crippen molar-refractivity contribution in [2.24, 2.45) is 0 Å². The fourth-order valence-corrected chi connectivity index (χ4v) is 2.28. The standard InChI is InChI=1S/C16H23N3O3/c1-3-15(20)18-14-5-4-13(10-12(14)2)17-16(21)11-19-6-8-22-9-7-19/h4-5,10H,3,6-9,11H2,1-2H3,(H,17,21)(H,18,20). The normalized spacial score (nSPS) is 15.4. The molecule has 1 aliphatic rings. The van der Waals surface area contributed by atoms with Crippen LogP contribution in [0.4, 0.5) is 11.4 Å². The van der Waals surface area contributed by atoms with Gasteiger partial charge in [-0.15, -0.1) is 0 Å². The van der Waals surface area contributed by atoms with Crippen molar-refractivity contribution in [1.82, 2.24) is 4.90 Å². The number of anilines is 2. The first-order chi connectivity index (χ1) is 10.6. The molecule has 0 spiro atoms. The summed E-state index contributed by atoms with van der Waals surface area (Å²) in [6.45, 7) is 7.02. The van der Waals surface area contributed by atoms with Crippen LogP contribution in [-0.4, -0.2) is 49.6 Å². The Morgan fingerprint density at radius 1 is 1.18 bits per heavy atom. The Bertz CT molecular complexity index is 539. The average molecular weight is 305 g/mol. The highest BCUT2D eigenvalue weighted by molar-refractivity contribution is 5.94. The summed E-state index contributed by atoms with van der Waals surface area (Å²) in [5.41, 5.74) is 2.44. The molecule has 1 heterocycles. The molecule has 2 rings (SSSR count). The minimum Gasteiger partial charge on any atom is -0.379 e. The van der Waals surface area contributed by atoms with E-state index in [1.165, 1.54) is 0 Å². The van der Waals surface area contributed by atoms with E-state index >= 15 is 0 Å². The van der Waals surface area contributed by atoms with Crippen molar-refractivity contribution in [1.29, 1.82) is 0 Å². The summed E-state index contributed by atoms with van der Waals surface area (Å²) in [5, 5.41) is 5.72. The minimum absolute atomic E-state index is 0.0211. The maximum absolute atomic E-state index is 12.0. The molecule has 1 aliphatic heterocycles. The van der Waals surface area contributed by atoms with Crippen molar-refractivity contribution < 1.29 is 14.3 Å². The molecule has 22 heavy (non-hydrogen) atoms. The fourth-order valence-electron chi connectivity index (χ4n) is 2.28. The number of rotatable bonds is 5. The maximum atomic E-state index is 12.0. The predicted molar refractivity (Wildman–Crippen MR) is 86.0 cm³/mol. The highest BCUT2D eigenvalue weighted by Gasteiger charge is 2.14. The molecular formula is C16H23N3O3. The van der Waals surface area contributed by atoms with Crippen LogP contribution in [0.1, 0.15) is 18.9 Å². The van der Waals surface area contributed by atoms with Crippen LogP contribution in [0.25, 0.3) is 0 Å². The smallest absolute Gasteiger partial charge is 0.238 e. The predicted octanol–water partition coefficient (Wildman–Crippen LogP) is 1.61. The molecule has 6 heteroatoms. The molecule has 0 aliphatic carbocycles. The van der Waals surface area contributed by atoms with Crippen molar-refractivity contribution in [3.05, 3.63) is 23.8 Å². The van der Waals surface area contributed by atoms with Crippen molar-refractivity contribution in [2.75, 3.05) is 43.5 Å². The number of nitrogens with zero attached hydrogens (tertiary/aromatic N) is 1. The first-order valence-electron chi connectivity index (χ1n) is 7.59. The third-order valence-electron chi connectivity index (χ3n) is 3.58. The van der Waals surface area contributed by atoms with E-state index in [0.29, 0.717) is 26.2 Å². The second kappa shape index (κ2) is 7.91. The summed E-state index contributed by atoms with van der Waals surface area (Å²) in [5.74, 6) is -0.0566. The second-order valence-electron chi connectivity index (χ2n) is 5.37. The average Bonchev–Trinajstić information content (AvgIpc) is 2.50. The van der Waals surface area contributed by atoms with Crippen LogP contribution in [0.15, 0.2) is 18.2 Å². The topological polar surface area (TPSA) is 70.7 Å². The minimum atomic E-state index is -0.0355. The van der Waals surface area contributed by atoms with Crippen molar-refractivity contribution in [3.63, 3.8) is 0 Å². The van der Waals surface area contributed by atoms with Gasteiger partial charge in [-0.05, 0) is 30.7 Å². The van der Waals surface area contributed by atoms with E-state index in [0.717, 1.165) is 30.0 Å². The van der Waals surface area contributed by atoms with E-state index < -0.39 is 0 Å². The van der Waals surface area contributed by atoms with Gasteiger partial charge in [0.25, 0.3) is 0 Å². The maximum Gasteiger partial charge on any atom is 0.238 e. The molecule has 2 N–H and O–H groups in total. The number of hydrogen-bond donors (Lipinski definition) is 2. The molecule has 0 atom stereocenters. The largest absolute Gasteiger partial charge is 0.379 e. The lowest BCUT2D eigenvalue weighted by molar-refractivity contribution is -0.118. The molecule has 2 amide bonds. The lowest BCUT2D eigenvalue weighted by Gasteiger charge is -2.25. The van der Waals surface area contributed by atoms with Gasteiger partial charge in [-0.25, -0.2) is 0 Å². The number of aryl methyl sites for hydroxylation is 1. The molecule has 0 radical (unpaired) electrons. The van der Waals surface area contributed by atoms with Gasteiger partial charge in [0, 0.05) is 30.9 Å². The van der Waals surface area contributed by atoms with E-state index in [1.54, 1.807) is 6.07 Å². The number of benzene rings is 1. The third kappa shape index (κ3) is 4.82. The number of carbonyl (C=O) groups excluding carboxylic acids is 2. The number of ether oxygens (including phenoxy) is 1. The Balaban J connectivity index is 1.90. The van der Waals surface area contributed by atoms with Gasteiger partial charge in [0.15, 0.2) is 0 Å². The molecule has 1 saturated heterocycles. The van der Waals surface area contributed by atoms with Gasteiger partial charge in [0.2, 0.25) is 11.8 Å². The lowest BCUT2D eigenvalue weighted by Crippen LogP contribution is -2.41. The summed E-state index contributed by atoms with van der Waals surface area (Å²) in [4.78, 5) is 25.5. The summed E-state index contributed by atoms with van der Waals surface area (Å²) in [7, 11) is 0. The molecule has 0 bridgehead atoms. The zero-order valence-corrected chi connectivity index (χ0v) is 13.1. The molecule has 1 fully saturated rings. The van der Waals surface area contributed by atoms with Gasteiger partial charge in [-0.2, -0.15) is 0 Å². The van der Waals surface area contributed by atoms with Gasteiger partial charge in [0.1, 0.15) is 0 Å². The Morgan fingerprint density at radius 2 is 1.91 bits per heavy atom. The second-order valence-corrected chi connectivity index (χ2v) is 5.37. The highest BCUT2D eigenvalue weighted by Crippen LogP contribution is 2.20. The van der Waals surface area contributed by atoms with Crippen LogP contribution >= 0.6 is 0 Å². The van der Waals surface area contributed by atoms with Gasteiger partial charge in [-0.1, -0.05) is 6.92 Å². The van der Waals surface area contributed by atoms with E-state index in [1.807, 2.05) is 26.0 Å². The van der Waals surface area contributed by atoms with Gasteiger partial charge < -0.3 is 15.4 Å². The van der Waals surface area contributed by atoms with Crippen LogP contribution in [-0.2, 0) is 14.3 Å². The van der Waals surface area contributed by atoms with Crippen LogP contribution in [0.2, 0.25) is 0 Å². The Kier molecular flexibility index (Phi) is 5.91. The van der Waals surface area contributed by atoms with Gasteiger partial charge in [-0.3, -0.25) is 14.5 Å². The first kappa shape index (κ1) is 16.5. The molecule has 120 valence electrons. The molecular weight excluding hydrogens is 282 g/mol. The summed E-state index contributed by atoms with van der Waals surface area (Å²) in [6.07, 6.45) is 0.442. The van der Waals surface area contributed by atoms with Crippen molar-refractivity contribution >= 4 is 23.2 Å². The number of nitrogens with one attached hydrogen (secondary N) is 2. The SMILES string of the molecule is CCC(=O)Nc1ccc(NC(=O)CN2CCOCC2)cc1C. The van der Waals surface area contributed by atoms with Crippen LogP contribution < -0.4 is 10.6 Å². The van der Waals surface area contributed by atoms with Crippen LogP contribution in [0, 0.1) is 6.92 Å². The Morgan fingerprint density at radius 3 is 2.55 bits per heavy atom. The lowest BCUT2D eigenvalue weighted by atomic mass is 10.1. The van der Waals surface area contributed by atoms with Crippen LogP contribution in [0.5, 0.6) is 0 Å². The van der Waals surface area contributed by atoms with E-state index in [9.17, 15) is 9.59 Å². The highest BCUT2D eigenvalue weighted by atomic mass is 16.5. The number of hydrogen-bond acceptors (Lipinski definition) is 4. The van der Waals surface area contributed by atoms with Gasteiger partial charge >= 0.3 is 0 Å². The number of amides is 2. The van der Waals surface area contributed by atoms with E-state index in [-0.39, 0.29) is 11.8 Å². The Labute approximate surface area is 130 Å². The summed E-state index contributed by atoms with van der Waals surface area (Å²) < 4.78 is 5.26. The van der Waals surface area contributed by atoms with Crippen molar-refractivity contribution in [3.8, 4) is 0 Å². The molecule has 1 aromatic carbocycles. The number of carbonyl (C=O) groups is 2. The molecule has 0 unspecified atom stereocenters. The summed E-state index contributed by atoms with van der Waals surface area (Å²) in [6, 6.07) is 5.48. The Hall–Kier alpha value is -1.92. The molecule has 0 saturated carbocycles. The molecule has 1 aromatic rings. The monoisotopic (exact) mass is 305 g/mol. The van der Waals surface area contributed by atoms with E-state index in [4.69, 9.17) is 4.74 Å². The third-order valence-corrected chi connectivity index (χ3v) is 3.58. The first-order valence-corrected chi connectivity index (χ1v) is 7.59. The molecule has 6 nitrogen and oxygen atoms in total. The molecule has 0 aromatic heterocycles. The van der Waals surface area contributed by atoms with E-state index in [2.05, 4.69) is 15.5 Å². The number of morpholine rings is 1. The summed E-state index contributed by atoms with van der Waals surface area (Å²) >= 11 is 0. The zero-order valence-electron chi connectivity index (χ0n) is 13.1. The quantitative estimate of drug-likeness (QED) is 0.867. The van der Waals surface area contributed by atoms with Gasteiger partial charge in [0.05, 0.1) is 19.8 Å². The van der Waals surface area contributed by atoms with Crippen molar-refractivity contribution in [2.45, 2.75) is 20.3 Å². The van der Waals surface area contributed by atoms with Crippen LogP contribution in [0.3, 0.4) is 0 Å². The zero-order chi connectivity index (χ0) is 15.9. The fraction of sp³-hybridized carbons (Fsp3) is 0.500.